The summed E-state index contributed by atoms with van der Waals surface area (Å²) in [7, 11) is 0. The van der Waals surface area contributed by atoms with Crippen LogP contribution in [0.4, 0.5) is 14.6 Å². The quantitative estimate of drug-likeness (QED) is 0.928. The number of hydrogen-bond acceptors (Lipinski definition) is 4. The molecule has 0 spiro atoms. The average Bonchev–Trinajstić information content (AvgIpc) is 2.45. The molecule has 0 bridgehead atoms. The van der Waals surface area contributed by atoms with E-state index in [0.717, 1.165) is 0 Å². The molecule has 0 radical (unpaired) electrons. The maximum Gasteiger partial charge on any atom is 0.258 e. The zero-order chi connectivity index (χ0) is 14.5. The number of nitrogens with zero attached hydrogens (tertiary/aromatic N) is 2. The molecular weight excluding hydrogens is 264 g/mol. The summed E-state index contributed by atoms with van der Waals surface area (Å²) in [5.74, 6) is -2.05. The number of para-hydroxylation sites is 1. The van der Waals surface area contributed by atoms with Crippen molar-refractivity contribution in [2.75, 3.05) is 11.9 Å². The normalized spacial score (nSPS) is 9.90. The van der Waals surface area contributed by atoms with Gasteiger partial charge in [-0.15, -0.1) is 0 Å². The minimum Gasteiger partial charge on any atom is -0.435 e. The summed E-state index contributed by atoms with van der Waals surface area (Å²) in [6, 6.07) is 8.95. The van der Waals surface area contributed by atoms with Gasteiger partial charge in [-0.2, -0.15) is 10.2 Å². The van der Waals surface area contributed by atoms with Crippen molar-refractivity contribution in [3.8, 4) is 17.7 Å². The van der Waals surface area contributed by atoms with Crippen molar-refractivity contribution in [2.45, 2.75) is 6.92 Å². The van der Waals surface area contributed by atoms with Gasteiger partial charge in [0.15, 0.2) is 17.5 Å². The van der Waals surface area contributed by atoms with Gasteiger partial charge < -0.3 is 10.1 Å². The topological polar surface area (TPSA) is 57.9 Å². The lowest BCUT2D eigenvalue weighted by atomic mass is 10.2. The standard InChI is InChI=1S/C14H11F2N3O/c1-2-18-13-10(15)7-11(16)14(19-13)20-12-6-4-3-5-9(12)8-17/h3-7H,2H2,1H3,(H,18,19). The lowest BCUT2D eigenvalue weighted by molar-refractivity contribution is 0.417. The van der Waals surface area contributed by atoms with Gasteiger partial charge in [-0.05, 0) is 19.1 Å². The second-order valence-corrected chi connectivity index (χ2v) is 3.85. The first-order valence-corrected chi connectivity index (χ1v) is 5.92. The highest BCUT2D eigenvalue weighted by molar-refractivity contribution is 5.46. The Kier molecular flexibility index (Phi) is 4.11. The minimum atomic E-state index is -0.933. The molecule has 0 aliphatic rings. The SMILES string of the molecule is CCNc1nc(Oc2ccccc2C#N)c(F)cc1F. The van der Waals surface area contributed by atoms with E-state index in [1.54, 1.807) is 19.1 Å². The summed E-state index contributed by atoms with van der Waals surface area (Å²) in [5, 5.41) is 11.6. The number of anilines is 1. The van der Waals surface area contributed by atoms with Crippen molar-refractivity contribution >= 4 is 5.82 Å². The fourth-order valence-corrected chi connectivity index (χ4v) is 1.56. The monoisotopic (exact) mass is 275 g/mol. The number of halogens is 2. The second-order valence-electron chi connectivity index (χ2n) is 3.85. The van der Waals surface area contributed by atoms with Gasteiger partial charge in [0.2, 0.25) is 0 Å². The predicted octanol–water partition coefficient (Wildman–Crippen LogP) is 3.46. The van der Waals surface area contributed by atoms with Crippen LogP contribution in [0, 0.1) is 23.0 Å². The molecule has 102 valence electrons. The summed E-state index contributed by atoms with van der Waals surface area (Å²) in [5.41, 5.74) is 0.239. The zero-order valence-corrected chi connectivity index (χ0v) is 10.7. The first kappa shape index (κ1) is 13.7. The Morgan fingerprint density at radius 2 is 2.05 bits per heavy atom. The van der Waals surface area contributed by atoms with E-state index in [2.05, 4.69) is 10.3 Å². The smallest absolute Gasteiger partial charge is 0.258 e. The van der Waals surface area contributed by atoms with E-state index in [9.17, 15) is 8.78 Å². The number of nitrogens with one attached hydrogen (secondary N) is 1. The molecule has 0 saturated carbocycles. The van der Waals surface area contributed by atoms with Gasteiger partial charge in [0.1, 0.15) is 11.8 Å². The summed E-state index contributed by atoms with van der Waals surface area (Å²) in [6.45, 7) is 2.19. The molecule has 1 aromatic heterocycles. The second kappa shape index (κ2) is 5.97. The van der Waals surface area contributed by atoms with E-state index >= 15 is 0 Å². The molecule has 0 amide bonds. The molecule has 0 unspecified atom stereocenters. The molecule has 0 aliphatic heterocycles. The van der Waals surface area contributed by atoms with Crippen LogP contribution in [0.15, 0.2) is 30.3 Å². The van der Waals surface area contributed by atoms with E-state index in [-0.39, 0.29) is 23.0 Å². The molecule has 0 fully saturated rings. The number of nitriles is 1. The van der Waals surface area contributed by atoms with Crippen molar-refractivity contribution < 1.29 is 13.5 Å². The molecule has 4 nitrogen and oxygen atoms in total. The zero-order valence-electron chi connectivity index (χ0n) is 10.7. The number of benzene rings is 1. The molecule has 20 heavy (non-hydrogen) atoms. The predicted molar refractivity (Wildman–Crippen MR) is 69.5 cm³/mol. The third kappa shape index (κ3) is 2.83. The van der Waals surface area contributed by atoms with Crippen molar-refractivity contribution in [1.82, 2.24) is 4.98 Å². The average molecular weight is 275 g/mol. The third-order valence-electron chi connectivity index (χ3n) is 2.46. The highest BCUT2D eigenvalue weighted by Gasteiger charge is 2.14. The lowest BCUT2D eigenvalue weighted by Gasteiger charge is -2.10. The summed E-state index contributed by atoms with van der Waals surface area (Å²) in [4.78, 5) is 3.74. The first-order chi connectivity index (χ1) is 9.65. The van der Waals surface area contributed by atoms with Gasteiger partial charge in [-0.3, -0.25) is 0 Å². The number of aromatic nitrogens is 1. The van der Waals surface area contributed by atoms with Gasteiger partial charge in [-0.25, -0.2) is 8.78 Å². The van der Waals surface area contributed by atoms with E-state index in [0.29, 0.717) is 12.6 Å². The third-order valence-corrected chi connectivity index (χ3v) is 2.46. The van der Waals surface area contributed by atoms with Crippen LogP contribution in [0.5, 0.6) is 11.6 Å². The number of hydrogen-bond donors (Lipinski definition) is 1. The van der Waals surface area contributed by atoms with Gasteiger partial charge in [0.05, 0.1) is 5.56 Å². The molecule has 1 N–H and O–H groups in total. The van der Waals surface area contributed by atoms with Crippen LogP contribution in [0.1, 0.15) is 12.5 Å². The van der Waals surface area contributed by atoms with Crippen molar-refractivity contribution in [2.24, 2.45) is 0 Å². The fourth-order valence-electron chi connectivity index (χ4n) is 1.56. The minimum absolute atomic E-state index is 0.0988. The van der Waals surface area contributed by atoms with E-state index in [1.165, 1.54) is 12.1 Å². The molecule has 1 heterocycles. The fraction of sp³-hybridized carbons (Fsp3) is 0.143. The highest BCUT2D eigenvalue weighted by Crippen LogP contribution is 2.27. The Morgan fingerprint density at radius 3 is 2.75 bits per heavy atom. The van der Waals surface area contributed by atoms with Gasteiger partial charge >= 0.3 is 0 Å². The van der Waals surface area contributed by atoms with Crippen LogP contribution in [0.25, 0.3) is 0 Å². The van der Waals surface area contributed by atoms with Gasteiger partial charge in [0.25, 0.3) is 5.88 Å². The van der Waals surface area contributed by atoms with E-state index in [1.807, 2.05) is 6.07 Å². The van der Waals surface area contributed by atoms with Gasteiger partial charge in [-0.1, -0.05) is 12.1 Å². The van der Waals surface area contributed by atoms with Crippen molar-refractivity contribution in [3.63, 3.8) is 0 Å². The lowest BCUT2D eigenvalue weighted by Crippen LogP contribution is -2.05. The largest absolute Gasteiger partial charge is 0.435 e. The highest BCUT2D eigenvalue weighted by atomic mass is 19.1. The maximum absolute atomic E-state index is 13.7. The van der Waals surface area contributed by atoms with Crippen LogP contribution in [-0.2, 0) is 0 Å². The van der Waals surface area contributed by atoms with Crippen LogP contribution < -0.4 is 10.1 Å². The molecule has 0 atom stereocenters. The van der Waals surface area contributed by atoms with Crippen LogP contribution in [0.3, 0.4) is 0 Å². The first-order valence-electron chi connectivity index (χ1n) is 5.92. The number of pyridine rings is 1. The van der Waals surface area contributed by atoms with Crippen molar-refractivity contribution in [1.29, 1.82) is 5.26 Å². The number of rotatable bonds is 4. The van der Waals surface area contributed by atoms with E-state index in [4.69, 9.17) is 10.00 Å². The Morgan fingerprint density at radius 1 is 1.30 bits per heavy atom. The molecule has 0 saturated heterocycles. The summed E-state index contributed by atoms with van der Waals surface area (Å²) in [6.07, 6.45) is 0. The Labute approximate surface area is 114 Å². The van der Waals surface area contributed by atoms with Crippen molar-refractivity contribution in [3.05, 3.63) is 47.5 Å². The Hall–Kier alpha value is -2.68. The Bertz CT molecular complexity index is 668. The molecule has 2 rings (SSSR count). The summed E-state index contributed by atoms with van der Waals surface area (Å²) >= 11 is 0. The van der Waals surface area contributed by atoms with Crippen LogP contribution >= 0.6 is 0 Å². The van der Waals surface area contributed by atoms with Gasteiger partial charge in [0, 0.05) is 12.6 Å². The molecule has 6 heteroatoms. The van der Waals surface area contributed by atoms with E-state index < -0.39 is 11.6 Å². The Balaban J connectivity index is 2.38. The molecule has 2 aromatic rings. The number of ether oxygens (including phenoxy) is 1. The molecule has 0 aliphatic carbocycles. The molecular formula is C14H11F2N3O. The summed E-state index contributed by atoms with van der Waals surface area (Å²) < 4.78 is 32.3. The molecule has 1 aromatic carbocycles. The van der Waals surface area contributed by atoms with Crippen LogP contribution in [0.2, 0.25) is 0 Å². The maximum atomic E-state index is 13.7. The van der Waals surface area contributed by atoms with Crippen LogP contribution in [-0.4, -0.2) is 11.5 Å².